The van der Waals surface area contributed by atoms with Crippen LogP contribution in [-0.2, 0) is 9.59 Å². The largest absolute Gasteiger partial charge is 0.480 e. The molecule has 8 heteroatoms. The lowest BCUT2D eigenvalue weighted by Gasteiger charge is -2.25. The fourth-order valence-electron chi connectivity index (χ4n) is 1.39. The van der Waals surface area contributed by atoms with E-state index < -0.39 is 36.7 Å². The van der Waals surface area contributed by atoms with Crippen LogP contribution in [0.25, 0.3) is 0 Å². The summed E-state index contributed by atoms with van der Waals surface area (Å²) in [5, 5.41) is 13.1. The van der Waals surface area contributed by atoms with Crippen molar-refractivity contribution < 1.29 is 27.9 Å². The lowest BCUT2D eigenvalue weighted by atomic mass is 9.96. The molecule has 0 aromatic rings. The van der Waals surface area contributed by atoms with Crippen molar-refractivity contribution in [1.29, 1.82) is 0 Å². The zero-order valence-corrected chi connectivity index (χ0v) is 10.2. The number of amides is 1. The van der Waals surface area contributed by atoms with Crippen molar-refractivity contribution in [3.05, 3.63) is 0 Å². The van der Waals surface area contributed by atoms with E-state index in [4.69, 9.17) is 5.11 Å². The number of rotatable bonds is 7. The molecule has 0 aliphatic heterocycles. The molecule has 3 N–H and O–H groups in total. The molecule has 0 fully saturated rings. The van der Waals surface area contributed by atoms with E-state index in [1.165, 1.54) is 6.92 Å². The minimum Gasteiger partial charge on any atom is -0.480 e. The first-order valence-electron chi connectivity index (χ1n) is 5.42. The maximum atomic E-state index is 11.8. The Labute approximate surface area is 103 Å². The van der Waals surface area contributed by atoms with Gasteiger partial charge in [-0.1, -0.05) is 13.3 Å². The van der Waals surface area contributed by atoms with Crippen LogP contribution in [0, 0.1) is 0 Å². The van der Waals surface area contributed by atoms with Crippen LogP contribution >= 0.6 is 0 Å². The molecular weight excluding hydrogens is 253 g/mol. The molecule has 5 nitrogen and oxygen atoms in total. The summed E-state index contributed by atoms with van der Waals surface area (Å²) in [6.45, 7) is 1.19. The fraction of sp³-hybridized carbons (Fsp3) is 0.800. The molecule has 0 heterocycles. The molecule has 106 valence electrons. The topological polar surface area (TPSA) is 78.4 Å². The highest BCUT2D eigenvalue weighted by atomic mass is 19.4. The van der Waals surface area contributed by atoms with Crippen molar-refractivity contribution in [2.75, 3.05) is 13.1 Å². The quantitative estimate of drug-likeness (QED) is 0.642. The maximum Gasteiger partial charge on any atom is 0.401 e. The van der Waals surface area contributed by atoms with E-state index in [9.17, 15) is 22.8 Å². The molecule has 0 spiro atoms. The molecule has 1 atom stereocenters. The van der Waals surface area contributed by atoms with Gasteiger partial charge < -0.3 is 15.7 Å². The molecule has 0 bridgehead atoms. The van der Waals surface area contributed by atoms with Gasteiger partial charge in [0.05, 0.1) is 13.1 Å². The zero-order chi connectivity index (χ0) is 14.4. The van der Waals surface area contributed by atoms with Gasteiger partial charge in [-0.15, -0.1) is 0 Å². The van der Waals surface area contributed by atoms with Crippen LogP contribution in [0.4, 0.5) is 13.2 Å². The van der Waals surface area contributed by atoms with Crippen LogP contribution < -0.4 is 10.6 Å². The second kappa shape index (κ2) is 6.58. The number of aliphatic carboxylic acids is 1. The summed E-state index contributed by atoms with van der Waals surface area (Å²) in [4.78, 5) is 22.3. The Hall–Kier alpha value is -1.31. The predicted molar refractivity (Wildman–Crippen MR) is 58.0 cm³/mol. The normalized spacial score (nSPS) is 14.9. The Morgan fingerprint density at radius 1 is 1.28 bits per heavy atom. The third-order valence-corrected chi connectivity index (χ3v) is 2.25. The van der Waals surface area contributed by atoms with Crippen molar-refractivity contribution in [3.8, 4) is 0 Å². The Balaban J connectivity index is 4.24. The Bertz CT molecular complexity index is 307. The van der Waals surface area contributed by atoms with Gasteiger partial charge >= 0.3 is 12.1 Å². The highest BCUT2D eigenvalue weighted by Crippen LogP contribution is 2.13. The van der Waals surface area contributed by atoms with Gasteiger partial charge in [-0.05, 0) is 13.3 Å². The van der Waals surface area contributed by atoms with Crippen LogP contribution in [0.5, 0.6) is 0 Å². The number of hydrogen-bond donors (Lipinski definition) is 3. The van der Waals surface area contributed by atoms with E-state index in [-0.39, 0.29) is 6.42 Å². The van der Waals surface area contributed by atoms with Gasteiger partial charge in [0.2, 0.25) is 5.91 Å². The summed E-state index contributed by atoms with van der Waals surface area (Å²) >= 11 is 0. The third kappa shape index (κ3) is 6.43. The molecular formula is C10H17F3N2O3. The molecule has 0 saturated heterocycles. The van der Waals surface area contributed by atoms with Gasteiger partial charge in [-0.25, -0.2) is 4.79 Å². The van der Waals surface area contributed by atoms with Gasteiger partial charge in [0.1, 0.15) is 5.54 Å². The number of carboxylic acids is 1. The number of alkyl halides is 3. The summed E-state index contributed by atoms with van der Waals surface area (Å²) in [6, 6.07) is 0. The lowest BCUT2D eigenvalue weighted by molar-refractivity contribution is -0.147. The molecule has 0 aromatic heterocycles. The van der Waals surface area contributed by atoms with Crippen LogP contribution in [0.2, 0.25) is 0 Å². The van der Waals surface area contributed by atoms with Crippen LogP contribution in [-0.4, -0.2) is 41.8 Å². The highest BCUT2D eigenvalue weighted by Gasteiger charge is 2.34. The number of halogens is 3. The molecule has 0 rings (SSSR count). The summed E-state index contributed by atoms with van der Waals surface area (Å²) < 4.78 is 35.4. The third-order valence-electron chi connectivity index (χ3n) is 2.25. The second-order valence-corrected chi connectivity index (χ2v) is 4.15. The lowest BCUT2D eigenvalue weighted by Crippen LogP contribution is -2.54. The molecule has 0 aromatic carbocycles. The van der Waals surface area contributed by atoms with E-state index >= 15 is 0 Å². The number of carbonyl (C=O) groups excluding carboxylic acids is 1. The molecule has 0 aliphatic rings. The van der Waals surface area contributed by atoms with E-state index in [0.29, 0.717) is 6.42 Å². The number of nitrogens with one attached hydrogen (secondary N) is 2. The molecule has 18 heavy (non-hydrogen) atoms. The number of carbonyl (C=O) groups is 2. The molecule has 1 unspecified atom stereocenters. The van der Waals surface area contributed by atoms with Crippen molar-refractivity contribution in [2.45, 2.75) is 38.4 Å². The molecule has 1 amide bonds. The minimum atomic E-state index is -4.40. The summed E-state index contributed by atoms with van der Waals surface area (Å²) in [7, 11) is 0. The first-order valence-corrected chi connectivity index (χ1v) is 5.42. The number of hydrogen-bond acceptors (Lipinski definition) is 3. The van der Waals surface area contributed by atoms with Crippen molar-refractivity contribution in [3.63, 3.8) is 0 Å². The SMILES string of the molecule is CCCC(C)(NC(=O)CNCC(F)(F)F)C(=O)O. The highest BCUT2D eigenvalue weighted by molar-refractivity contribution is 5.87. The van der Waals surface area contributed by atoms with Gasteiger partial charge in [0, 0.05) is 0 Å². The van der Waals surface area contributed by atoms with Crippen LogP contribution in [0.1, 0.15) is 26.7 Å². The van der Waals surface area contributed by atoms with E-state index in [2.05, 4.69) is 5.32 Å². The Kier molecular flexibility index (Phi) is 6.10. The van der Waals surface area contributed by atoms with Gasteiger partial charge in [0.15, 0.2) is 0 Å². The molecule has 0 aliphatic carbocycles. The smallest absolute Gasteiger partial charge is 0.401 e. The van der Waals surface area contributed by atoms with E-state index in [1.54, 1.807) is 6.92 Å². The van der Waals surface area contributed by atoms with Crippen LogP contribution in [0.3, 0.4) is 0 Å². The van der Waals surface area contributed by atoms with Gasteiger partial charge in [0.25, 0.3) is 0 Å². The maximum absolute atomic E-state index is 11.8. The number of carboxylic acid groups (broad SMARTS) is 1. The summed E-state index contributed by atoms with van der Waals surface area (Å²) in [5.74, 6) is -1.99. The molecule has 0 radical (unpaired) electrons. The van der Waals surface area contributed by atoms with Gasteiger partial charge in [-0.3, -0.25) is 4.79 Å². The van der Waals surface area contributed by atoms with Gasteiger partial charge in [-0.2, -0.15) is 13.2 Å². The average molecular weight is 270 g/mol. The average Bonchev–Trinajstić information content (AvgIpc) is 2.15. The summed E-state index contributed by atoms with van der Waals surface area (Å²) in [6.07, 6.45) is -3.67. The standard InChI is InChI=1S/C10H17F3N2O3/c1-3-4-9(2,8(17)18)15-7(16)5-14-6-10(11,12)13/h14H,3-6H2,1-2H3,(H,15,16)(H,17,18). The van der Waals surface area contributed by atoms with Crippen molar-refractivity contribution in [2.24, 2.45) is 0 Å². The monoisotopic (exact) mass is 270 g/mol. The first-order chi connectivity index (χ1) is 8.10. The van der Waals surface area contributed by atoms with Crippen molar-refractivity contribution in [1.82, 2.24) is 10.6 Å². The minimum absolute atomic E-state index is 0.202. The molecule has 0 saturated carbocycles. The van der Waals surface area contributed by atoms with E-state index in [1.807, 2.05) is 5.32 Å². The fourth-order valence-corrected chi connectivity index (χ4v) is 1.39. The second-order valence-electron chi connectivity index (χ2n) is 4.15. The zero-order valence-electron chi connectivity index (χ0n) is 10.2. The predicted octanol–water partition coefficient (Wildman–Crippen LogP) is 0.898. The van der Waals surface area contributed by atoms with Crippen LogP contribution in [0.15, 0.2) is 0 Å². The van der Waals surface area contributed by atoms with E-state index in [0.717, 1.165) is 0 Å². The summed E-state index contributed by atoms with van der Waals surface area (Å²) in [5.41, 5.74) is -1.45. The Morgan fingerprint density at radius 3 is 2.22 bits per heavy atom. The van der Waals surface area contributed by atoms with Crippen molar-refractivity contribution >= 4 is 11.9 Å². The first kappa shape index (κ1) is 16.7. The Morgan fingerprint density at radius 2 is 1.83 bits per heavy atom.